The molecule has 1 aromatic carbocycles. The first kappa shape index (κ1) is 20.8. The van der Waals surface area contributed by atoms with Crippen LogP contribution in [-0.4, -0.2) is 40.5 Å². The number of benzene rings is 1. The topological polar surface area (TPSA) is 86.5 Å². The fourth-order valence-electron chi connectivity index (χ4n) is 4.93. The van der Waals surface area contributed by atoms with Crippen molar-refractivity contribution in [2.75, 3.05) is 6.61 Å². The molecule has 0 atom stereocenters. The van der Waals surface area contributed by atoms with Crippen molar-refractivity contribution in [2.24, 2.45) is 0 Å². The van der Waals surface area contributed by atoms with Crippen LogP contribution in [-0.2, 0) is 14.9 Å². The first-order chi connectivity index (χ1) is 14.6. The largest absolute Gasteiger partial charge is 0.484 e. The number of ether oxygens (including phenoxy) is 2. The van der Waals surface area contributed by atoms with Crippen LogP contribution in [0.1, 0.15) is 56.7 Å². The lowest BCUT2D eigenvalue weighted by Crippen LogP contribution is -2.77. The lowest BCUT2D eigenvalue weighted by atomic mass is 9.39. The molecule has 7 nitrogen and oxygen atoms in total. The van der Waals surface area contributed by atoms with Crippen LogP contribution in [0.15, 0.2) is 33.2 Å². The minimum absolute atomic E-state index is 0.0367. The summed E-state index contributed by atoms with van der Waals surface area (Å²) in [6.45, 7) is 0.707. The summed E-state index contributed by atoms with van der Waals surface area (Å²) >= 11 is 3.36. The Kier molecular flexibility index (Phi) is 4.85. The van der Waals surface area contributed by atoms with Gasteiger partial charge in [-0.15, -0.1) is 10.2 Å². The Morgan fingerprint density at radius 1 is 1.26 bits per heavy atom. The van der Waals surface area contributed by atoms with Crippen LogP contribution in [0.25, 0.3) is 0 Å². The van der Waals surface area contributed by atoms with Crippen molar-refractivity contribution in [1.29, 1.82) is 0 Å². The van der Waals surface area contributed by atoms with E-state index in [0.29, 0.717) is 30.4 Å². The Labute approximate surface area is 186 Å². The molecule has 0 saturated heterocycles. The Bertz CT molecular complexity index is 965. The quantitative estimate of drug-likeness (QED) is 0.591. The van der Waals surface area contributed by atoms with Gasteiger partial charge in [-0.05, 0) is 56.4 Å². The van der Waals surface area contributed by atoms with Gasteiger partial charge in [0.1, 0.15) is 5.75 Å². The molecule has 0 unspecified atom stereocenters. The molecule has 1 heterocycles. The number of hydrogen-bond donors (Lipinski definition) is 1. The summed E-state index contributed by atoms with van der Waals surface area (Å²) in [6, 6.07) is 7.30. The van der Waals surface area contributed by atoms with E-state index in [4.69, 9.17) is 9.15 Å². The summed E-state index contributed by atoms with van der Waals surface area (Å²) in [7, 11) is 0. The van der Waals surface area contributed by atoms with Gasteiger partial charge in [-0.1, -0.05) is 15.9 Å². The molecule has 4 aliphatic carbocycles. The van der Waals surface area contributed by atoms with Crippen LogP contribution in [0.4, 0.5) is 8.78 Å². The fourth-order valence-corrected chi connectivity index (χ4v) is 5.19. The Balaban J connectivity index is 1.08. The summed E-state index contributed by atoms with van der Waals surface area (Å²) in [5.74, 6) is 1.51. The predicted molar refractivity (Wildman–Crippen MR) is 108 cm³/mol. The van der Waals surface area contributed by atoms with Crippen molar-refractivity contribution in [1.82, 2.24) is 15.5 Å². The van der Waals surface area contributed by atoms with Crippen LogP contribution in [0.2, 0.25) is 0 Å². The Morgan fingerprint density at radius 2 is 1.94 bits per heavy atom. The number of rotatable bonds is 8. The van der Waals surface area contributed by atoms with Gasteiger partial charge in [-0.3, -0.25) is 4.79 Å². The molecule has 1 amide bonds. The number of amides is 1. The van der Waals surface area contributed by atoms with Crippen LogP contribution >= 0.6 is 15.9 Å². The third-order valence-corrected chi connectivity index (χ3v) is 6.86. The Morgan fingerprint density at radius 3 is 2.58 bits per heavy atom. The monoisotopic (exact) mass is 497 g/mol. The van der Waals surface area contributed by atoms with Gasteiger partial charge in [-0.25, -0.2) is 0 Å². The fraction of sp³-hybridized carbons (Fsp3) is 0.571. The van der Waals surface area contributed by atoms with Gasteiger partial charge in [-0.2, -0.15) is 8.78 Å². The lowest BCUT2D eigenvalue weighted by Gasteiger charge is -2.68. The molecule has 31 heavy (non-hydrogen) atoms. The molecule has 2 aromatic rings. The van der Waals surface area contributed by atoms with Crippen molar-refractivity contribution in [3.8, 4) is 5.75 Å². The van der Waals surface area contributed by atoms with E-state index >= 15 is 0 Å². The molecule has 4 aliphatic rings. The zero-order valence-corrected chi connectivity index (χ0v) is 18.5. The van der Waals surface area contributed by atoms with Gasteiger partial charge in [0, 0.05) is 22.9 Å². The van der Waals surface area contributed by atoms with E-state index in [0.717, 1.165) is 30.7 Å². The highest BCUT2D eigenvalue weighted by atomic mass is 79.9. The molecule has 6 rings (SSSR count). The van der Waals surface area contributed by atoms with Gasteiger partial charge in [0.25, 0.3) is 5.91 Å². The number of carbonyl (C=O) groups excluding carboxylic acids is 1. The summed E-state index contributed by atoms with van der Waals surface area (Å²) in [6.07, 6.45) is -0.428. The molecule has 10 heteroatoms. The summed E-state index contributed by atoms with van der Waals surface area (Å²) in [4.78, 5) is 12.3. The number of nitrogens with one attached hydrogen (secondary N) is 1. The third-order valence-electron chi connectivity index (χ3n) is 6.33. The van der Waals surface area contributed by atoms with Gasteiger partial charge >= 0.3 is 6.11 Å². The van der Waals surface area contributed by atoms with Crippen molar-refractivity contribution < 1.29 is 27.5 Å². The molecule has 0 aliphatic heterocycles. The number of carbonyl (C=O) groups is 1. The van der Waals surface area contributed by atoms with Crippen molar-refractivity contribution in [3.63, 3.8) is 0 Å². The van der Waals surface area contributed by atoms with E-state index in [9.17, 15) is 13.6 Å². The number of alkyl halides is 2. The van der Waals surface area contributed by atoms with Gasteiger partial charge in [0.15, 0.2) is 6.61 Å². The predicted octanol–water partition coefficient (Wildman–Crippen LogP) is 4.08. The van der Waals surface area contributed by atoms with Gasteiger partial charge < -0.3 is 19.2 Å². The first-order valence-electron chi connectivity index (χ1n) is 10.2. The van der Waals surface area contributed by atoms with Crippen LogP contribution in [0, 0.1) is 0 Å². The second-order valence-electron chi connectivity index (χ2n) is 9.04. The zero-order valence-electron chi connectivity index (χ0n) is 16.9. The first-order valence-corrected chi connectivity index (χ1v) is 11.0. The van der Waals surface area contributed by atoms with Crippen molar-refractivity contribution in [3.05, 3.63) is 40.5 Å². The number of nitrogens with zero attached hydrogens (tertiary/aromatic N) is 2. The van der Waals surface area contributed by atoms with E-state index in [2.05, 4.69) is 36.2 Å². The second kappa shape index (κ2) is 7.23. The Hall–Kier alpha value is -2.07. The molecule has 4 fully saturated rings. The minimum atomic E-state index is -3.12. The van der Waals surface area contributed by atoms with E-state index < -0.39 is 12.2 Å². The normalized spacial score (nSPS) is 31.2. The molecule has 166 valence electrons. The zero-order chi connectivity index (χ0) is 21.9. The third kappa shape index (κ3) is 4.07. The smallest absolute Gasteiger partial charge is 0.353 e. The van der Waals surface area contributed by atoms with Crippen LogP contribution < -0.4 is 10.1 Å². The SMILES string of the molecule is CC(F)(F)OC1CC(c2nnc(C34CC(NC(=O)COc5ccc(Br)cc5)(C3)C4)o2)C1. The van der Waals surface area contributed by atoms with E-state index in [1.807, 2.05) is 12.1 Å². The summed E-state index contributed by atoms with van der Waals surface area (Å²) in [5, 5.41) is 11.4. The van der Waals surface area contributed by atoms with Crippen LogP contribution in [0.3, 0.4) is 0 Å². The molecule has 2 bridgehead atoms. The maximum atomic E-state index is 12.9. The highest BCUT2D eigenvalue weighted by Crippen LogP contribution is 2.67. The molecule has 0 radical (unpaired) electrons. The molecule has 1 N–H and O–H groups in total. The molecule has 0 spiro atoms. The molecular formula is C21H22BrF2N3O4. The van der Waals surface area contributed by atoms with Crippen molar-refractivity contribution in [2.45, 2.75) is 68.1 Å². The number of hydrogen-bond acceptors (Lipinski definition) is 6. The average molecular weight is 498 g/mol. The van der Waals surface area contributed by atoms with E-state index in [1.165, 1.54) is 0 Å². The number of halogens is 3. The molecule has 1 aromatic heterocycles. The highest BCUT2D eigenvalue weighted by Gasteiger charge is 2.71. The minimum Gasteiger partial charge on any atom is -0.484 e. The second-order valence-corrected chi connectivity index (χ2v) is 9.96. The van der Waals surface area contributed by atoms with E-state index in [-0.39, 0.29) is 29.4 Å². The van der Waals surface area contributed by atoms with Gasteiger partial charge in [0.2, 0.25) is 11.8 Å². The molecule has 4 saturated carbocycles. The lowest BCUT2D eigenvalue weighted by molar-refractivity contribution is -0.265. The summed E-state index contributed by atoms with van der Waals surface area (Å²) in [5.41, 5.74) is -0.405. The van der Waals surface area contributed by atoms with E-state index in [1.54, 1.807) is 12.1 Å². The number of aromatic nitrogens is 2. The highest BCUT2D eigenvalue weighted by molar-refractivity contribution is 9.10. The average Bonchev–Trinajstić information content (AvgIpc) is 3.07. The van der Waals surface area contributed by atoms with Gasteiger partial charge in [0.05, 0.1) is 11.5 Å². The molecular weight excluding hydrogens is 476 g/mol. The maximum absolute atomic E-state index is 12.9. The summed E-state index contributed by atoms with van der Waals surface area (Å²) < 4.78 is 42.8. The maximum Gasteiger partial charge on any atom is 0.353 e. The van der Waals surface area contributed by atoms with Crippen LogP contribution in [0.5, 0.6) is 5.75 Å². The van der Waals surface area contributed by atoms with Crippen molar-refractivity contribution >= 4 is 21.8 Å². The standard InChI is InChI=1S/C21H22BrF2N3O4/c1-19(23,24)31-15-6-12(7-15)17-26-27-18(30-17)20-9-21(10-20,11-20)25-16(28)8-29-14-4-2-13(22)3-5-14/h2-5,12,15H,6-11H2,1H3,(H,25,28).